The normalized spacial score (nSPS) is 14.9. The number of quaternary nitrogens is 1. The van der Waals surface area contributed by atoms with Crippen LogP contribution < -0.4 is 0 Å². The fraction of sp³-hybridized carbons (Fsp3) is 1.00. The summed E-state index contributed by atoms with van der Waals surface area (Å²) in [6.07, 6.45) is -1.25. The lowest BCUT2D eigenvalue weighted by Crippen LogP contribution is -2.43. The van der Waals surface area contributed by atoms with E-state index in [0.29, 0.717) is 17.6 Å². The summed E-state index contributed by atoms with van der Waals surface area (Å²) in [7, 11) is -0.288. The minimum atomic E-state index is -4.25. The van der Waals surface area contributed by atoms with Gasteiger partial charge in [-0.15, -0.1) is 0 Å². The molecule has 0 heterocycles. The van der Waals surface area contributed by atoms with E-state index < -0.39 is 28.1 Å². The molecule has 0 spiro atoms. The van der Waals surface area contributed by atoms with E-state index in [9.17, 15) is 13.0 Å². The van der Waals surface area contributed by atoms with Crippen LogP contribution in [0, 0.1) is 0 Å². The maximum atomic E-state index is 10.4. The molecular weight excluding hydrogens is 340 g/mol. The van der Waals surface area contributed by atoms with E-state index >= 15 is 0 Å². The Kier molecular flexibility index (Phi) is 14.0. The minimum Gasteiger partial charge on any atom is -0.748 e. The van der Waals surface area contributed by atoms with Gasteiger partial charge in [-0.05, 0) is 13.8 Å². The summed E-state index contributed by atoms with van der Waals surface area (Å²) in [6.45, 7) is 5.41. The quantitative estimate of drug-likeness (QED) is 0.232. The van der Waals surface area contributed by atoms with Crippen LogP contribution in [0.5, 0.6) is 0 Å². The van der Waals surface area contributed by atoms with Gasteiger partial charge in [-0.25, -0.2) is 8.42 Å². The van der Waals surface area contributed by atoms with Gasteiger partial charge in [0.15, 0.2) is 0 Å². The Morgan fingerprint density at radius 1 is 1.00 bits per heavy atom. The Hall–Kier alpha value is -0.330. The van der Waals surface area contributed by atoms with Crippen molar-refractivity contribution in [1.82, 2.24) is 4.90 Å². The van der Waals surface area contributed by atoms with Crippen molar-refractivity contribution in [3.8, 4) is 0 Å². The zero-order valence-electron chi connectivity index (χ0n) is 15.1. The monoisotopic (exact) mass is 374 g/mol. The van der Waals surface area contributed by atoms with Crippen LogP contribution in [0.25, 0.3) is 0 Å². The van der Waals surface area contributed by atoms with Crippen molar-refractivity contribution < 1.29 is 37.9 Å². The number of hydrogen-bond acceptors (Lipinski definition) is 8. The molecule has 0 aromatic carbocycles. The van der Waals surface area contributed by atoms with Gasteiger partial charge in [0.2, 0.25) is 0 Å². The van der Waals surface area contributed by atoms with Gasteiger partial charge in [-0.2, -0.15) is 0 Å². The average Bonchev–Trinajstić information content (AvgIpc) is 2.34. The van der Waals surface area contributed by atoms with Gasteiger partial charge in [0.25, 0.3) is 0 Å². The van der Waals surface area contributed by atoms with Crippen LogP contribution in [-0.2, 0) is 10.1 Å². The number of hydrogen-bond donors (Lipinski definition) is 4. The van der Waals surface area contributed by atoms with Gasteiger partial charge in [-0.1, -0.05) is 0 Å². The molecule has 0 aliphatic carbocycles. The molecule has 4 N–H and O–H groups in total. The van der Waals surface area contributed by atoms with E-state index in [4.69, 9.17) is 20.4 Å². The predicted molar refractivity (Wildman–Crippen MR) is 90.4 cm³/mol. The molecule has 148 valence electrons. The summed E-state index contributed by atoms with van der Waals surface area (Å²) in [5.41, 5.74) is 0. The minimum absolute atomic E-state index is 0.0294. The zero-order chi connectivity index (χ0) is 19.4. The molecule has 2 atom stereocenters. The molecule has 0 saturated heterocycles. The summed E-state index contributed by atoms with van der Waals surface area (Å²) in [6, 6.07) is 0. The van der Waals surface area contributed by atoms with Gasteiger partial charge in [0.05, 0.1) is 55.4 Å². The summed E-state index contributed by atoms with van der Waals surface area (Å²) >= 11 is 0. The molecule has 0 rings (SSSR count). The molecule has 0 amide bonds. The summed E-state index contributed by atoms with van der Waals surface area (Å²) in [5.74, 6) is -0.508. The highest BCUT2D eigenvalue weighted by atomic mass is 32.2. The second-order valence-electron chi connectivity index (χ2n) is 6.55. The Balaban J connectivity index is 0. The molecule has 0 bridgehead atoms. The molecule has 0 radical (unpaired) electrons. The smallest absolute Gasteiger partial charge is 0.102 e. The van der Waals surface area contributed by atoms with Crippen molar-refractivity contribution in [2.75, 3.05) is 65.8 Å². The van der Waals surface area contributed by atoms with Crippen molar-refractivity contribution in [3.05, 3.63) is 0 Å². The molecular formula is C14H34N2O7S. The fourth-order valence-electron chi connectivity index (χ4n) is 1.90. The van der Waals surface area contributed by atoms with Crippen LogP contribution in [0.4, 0.5) is 0 Å². The molecule has 0 aliphatic heterocycles. The molecule has 9 nitrogen and oxygen atoms in total. The number of aliphatic hydroxyl groups is 4. The van der Waals surface area contributed by atoms with Crippen LogP contribution in [0.15, 0.2) is 0 Å². The number of rotatable bonds is 11. The van der Waals surface area contributed by atoms with Gasteiger partial charge >= 0.3 is 0 Å². The lowest BCUT2D eigenvalue weighted by atomic mass is 10.3. The van der Waals surface area contributed by atoms with E-state index in [1.165, 1.54) is 0 Å². The number of nitrogens with zero attached hydrogens (tertiary/aromatic N) is 2. The first-order chi connectivity index (χ1) is 10.8. The average molecular weight is 375 g/mol. The van der Waals surface area contributed by atoms with Crippen molar-refractivity contribution in [2.45, 2.75) is 26.1 Å². The lowest BCUT2D eigenvalue weighted by molar-refractivity contribution is -0.890. The highest BCUT2D eigenvalue weighted by molar-refractivity contribution is 7.85. The topological polar surface area (TPSA) is 141 Å². The third-order valence-electron chi connectivity index (χ3n) is 3.11. The van der Waals surface area contributed by atoms with Crippen LogP contribution in [0.1, 0.15) is 13.8 Å². The maximum Gasteiger partial charge on any atom is 0.102 e. The standard InChI is InChI=1S/C8H19NO5S.C6H16NO2/c1-7(10)5-9(6-8(2)11)3-4-15(12,13)14;1-7(2,3-5-8)4-6-9/h7-8,10-11H,3-6H2,1-2H3,(H,12,13,14);8-9H,3-6H2,1-2H3/q;+1/p-1. The lowest BCUT2D eigenvalue weighted by Gasteiger charge is -2.27. The molecule has 0 saturated carbocycles. The van der Waals surface area contributed by atoms with Gasteiger partial charge in [0, 0.05) is 19.6 Å². The van der Waals surface area contributed by atoms with E-state index in [1.54, 1.807) is 18.7 Å². The molecule has 24 heavy (non-hydrogen) atoms. The van der Waals surface area contributed by atoms with Crippen LogP contribution in [0.3, 0.4) is 0 Å². The van der Waals surface area contributed by atoms with Gasteiger partial charge in [0.1, 0.15) is 13.1 Å². The fourth-order valence-corrected chi connectivity index (χ4v) is 2.38. The summed E-state index contributed by atoms with van der Waals surface area (Å²) in [4.78, 5) is 1.55. The summed E-state index contributed by atoms with van der Waals surface area (Å²) < 4.78 is 31.9. The van der Waals surface area contributed by atoms with Crippen molar-refractivity contribution in [1.29, 1.82) is 0 Å². The van der Waals surface area contributed by atoms with Crippen LogP contribution in [-0.4, -0.2) is 121 Å². The first-order valence-electron chi connectivity index (χ1n) is 7.88. The second kappa shape index (κ2) is 13.0. The Labute approximate surface area is 145 Å². The van der Waals surface area contributed by atoms with Gasteiger partial charge in [-0.3, -0.25) is 4.90 Å². The summed E-state index contributed by atoms with van der Waals surface area (Å²) in [5, 5.41) is 35.3. The van der Waals surface area contributed by atoms with Crippen LogP contribution >= 0.6 is 0 Å². The van der Waals surface area contributed by atoms with E-state index in [1.807, 2.05) is 14.1 Å². The molecule has 0 fully saturated rings. The first-order valence-corrected chi connectivity index (χ1v) is 9.46. The van der Waals surface area contributed by atoms with Crippen LogP contribution in [0.2, 0.25) is 0 Å². The number of aliphatic hydroxyl groups excluding tert-OH is 4. The third-order valence-corrected chi connectivity index (χ3v) is 3.80. The van der Waals surface area contributed by atoms with Gasteiger partial charge < -0.3 is 29.5 Å². The van der Waals surface area contributed by atoms with Crippen molar-refractivity contribution in [3.63, 3.8) is 0 Å². The van der Waals surface area contributed by atoms with Crippen molar-refractivity contribution >= 4 is 10.1 Å². The highest BCUT2D eigenvalue weighted by Crippen LogP contribution is 1.97. The second-order valence-corrected chi connectivity index (χ2v) is 8.07. The molecule has 10 heteroatoms. The molecule has 0 aliphatic rings. The predicted octanol–water partition coefficient (Wildman–Crippen LogP) is -2.36. The maximum absolute atomic E-state index is 10.4. The Bertz CT molecular complexity index is 382. The SMILES string of the molecule is CC(O)CN(CCS(=O)(=O)[O-])CC(C)O.C[N+](C)(CCO)CCO. The molecule has 2 unspecified atom stereocenters. The largest absolute Gasteiger partial charge is 0.748 e. The van der Waals surface area contributed by atoms with E-state index in [-0.39, 0.29) is 32.8 Å². The highest BCUT2D eigenvalue weighted by Gasteiger charge is 2.12. The molecule has 0 aromatic rings. The molecule has 0 aromatic heterocycles. The Morgan fingerprint density at radius 2 is 1.38 bits per heavy atom. The van der Waals surface area contributed by atoms with E-state index in [0.717, 1.165) is 0 Å². The van der Waals surface area contributed by atoms with Crippen molar-refractivity contribution in [2.24, 2.45) is 0 Å². The van der Waals surface area contributed by atoms with E-state index in [2.05, 4.69) is 0 Å². The Morgan fingerprint density at radius 3 is 1.62 bits per heavy atom. The number of likely N-dealkylation sites (N-methyl/N-ethyl adjacent to an activating group) is 1. The third kappa shape index (κ3) is 19.7. The zero-order valence-corrected chi connectivity index (χ0v) is 15.9. The first kappa shape index (κ1) is 25.9.